The van der Waals surface area contributed by atoms with E-state index in [1.165, 1.54) is 17.3 Å². The Morgan fingerprint density at radius 1 is 1.24 bits per heavy atom. The molecule has 0 bridgehead atoms. The molecule has 2 fully saturated rings. The summed E-state index contributed by atoms with van der Waals surface area (Å²) < 4.78 is 22.2. The molecule has 200 valence electrons. The van der Waals surface area contributed by atoms with Gasteiger partial charge in [-0.25, -0.2) is 9.37 Å². The Balaban J connectivity index is 1.38. The van der Waals surface area contributed by atoms with Gasteiger partial charge in [-0.2, -0.15) is 0 Å². The van der Waals surface area contributed by atoms with Crippen LogP contribution in [-0.2, 0) is 18.5 Å². The molecule has 0 saturated heterocycles. The first-order chi connectivity index (χ1) is 18.3. The van der Waals surface area contributed by atoms with Crippen molar-refractivity contribution >= 4 is 11.9 Å². The second-order valence-corrected chi connectivity index (χ2v) is 11.3. The van der Waals surface area contributed by atoms with Gasteiger partial charge < -0.3 is 24.4 Å². The number of fused-ring (bicyclic) bond motifs is 2. The van der Waals surface area contributed by atoms with E-state index in [4.69, 9.17) is 4.74 Å². The van der Waals surface area contributed by atoms with Crippen molar-refractivity contribution in [2.75, 3.05) is 33.0 Å². The molecule has 6 rings (SSSR count). The number of anilines is 1. The van der Waals surface area contributed by atoms with Crippen molar-refractivity contribution in [1.82, 2.24) is 24.3 Å². The summed E-state index contributed by atoms with van der Waals surface area (Å²) in [7, 11) is 5.98. The van der Waals surface area contributed by atoms with E-state index < -0.39 is 5.82 Å². The summed E-state index contributed by atoms with van der Waals surface area (Å²) in [6, 6.07) is 5.69. The number of carbonyl (C=O) groups is 1. The lowest BCUT2D eigenvalue weighted by Gasteiger charge is -2.40. The average Bonchev–Trinajstić information content (AvgIpc) is 3.81. The molecule has 1 atom stereocenters. The molecule has 0 unspecified atom stereocenters. The number of nitrogens with one attached hydrogen (secondary N) is 1. The molecule has 2 aliphatic carbocycles. The minimum atomic E-state index is -0.458. The fraction of sp³-hybridized carbons (Fsp3) is 0.483. The van der Waals surface area contributed by atoms with Crippen LogP contribution in [0.3, 0.4) is 0 Å². The predicted octanol–water partition coefficient (Wildman–Crippen LogP) is 4.36. The number of amides is 1. The van der Waals surface area contributed by atoms with Gasteiger partial charge in [-0.1, -0.05) is 6.07 Å². The van der Waals surface area contributed by atoms with Crippen LogP contribution in [0.15, 0.2) is 36.8 Å². The third kappa shape index (κ3) is 4.53. The van der Waals surface area contributed by atoms with Crippen LogP contribution in [-0.4, -0.2) is 64.0 Å². The van der Waals surface area contributed by atoms with Crippen LogP contribution in [0.1, 0.15) is 71.4 Å². The second-order valence-electron chi connectivity index (χ2n) is 11.3. The first-order valence-corrected chi connectivity index (χ1v) is 13.4. The summed E-state index contributed by atoms with van der Waals surface area (Å²) in [5.41, 5.74) is 4.86. The largest absolute Gasteiger partial charge is 0.487 e. The minimum absolute atomic E-state index is 0.00198. The molecule has 0 radical (unpaired) electrons. The summed E-state index contributed by atoms with van der Waals surface area (Å²) in [5.74, 6) is 0.553. The molecule has 1 spiro atoms. The van der Waals surface area contributed by atoms with E-state index in [9.17, 15) is 9.18 Å². The summed E-state index contributed by atoms with van der Waals surface area (Å²) >= 11 is 0. The smallest absolute Gasteiger partial charge is 0.254 e. The van der Waals surface area contributed by atoms with Crippen LogP contribution in [0.5, 0.6) is 5.75 Å². The van der Waals surface area contributed by atoms with E-state index in [1.54, 1.807) is 12.3 Å². The van der Waals surface area contributed by atoms with Gasteiger partial charge in [0.2, 0.25) is 5.95 Å². The van der Waals surface area contributed by atoms with E-state index >= 15 is 0 Å². The van der Waals surface area contributed by atoms with Crippen molar-refractivity contribution in [3.8, 4) is 5.75 Å². The van der Waals surface area contributed by atoms with E-state index in [1.807, 2.05) is 29.6 Å². The zero-order valence-electron chi connectivity index (χ0n) is 22.5. The number of hydrogen-bond acceptors (Lipinski definition) is 6. The van der Waals surface area contributed by atoms with E-state index in [-0.39, 0.29) is 29.2 Å². The number of nitrogens with zero attached hydrogens (tertiary/aromatic N) is 5. The molecule has 2 aromatic heterocycles. The Labute approximate surface area is 222 Å². The van der Waals surface area contributed by atoms with Crippen LogP contribution in [0.25, 0.3) is 0 Å². The number of ether oxygens (including phenoxy) is 1. The lowest BCUT2D eigenvalue weighted by Crippen LogP contribution is -2.45. The molecule has 3 aliphatic rings. The number of benzene rings is 1. The van der Waals surface area contributed by atoms with Crippen molar-refractivity contribution in [1.29, 1.82) is 0 Å². The number of carbonyl (C=O) groups excluding carboxylic acids is 1. The first kappa shape index (κ1) is 24.9. The molecule has 8 nitrogen and oxygen atoms in total. The highest BCUT2D eigenvalue weighted by atomic mass is 19.1. The highest BCUT2D eigenvalue weighted by Gasteiger charge is 2.53. The molecule has 1 amide bonds. The highest BCUT2D eigenvalue weighted by molar-refractivity contribution is 5.98. The van der Waals surface area contributed by atoms with Gasteiger partial charge in [0.1, 0.15) is 0 Å². The van der Waals surface area contributed by atoms with Gasteiger partial charge >= 0.3 is 0 Å². The van der Waals surface area contributed by atoms with Gasteiger partial charge in [0.25, 0.3) is 5.91 Å². The van der Waals surface area contributed by atoms with E-state index in [0.29, 0.717) is 18.8 Å². The topological polar surface area (TPSA) is 75.5 Å². The normalized spacial score (nSPS) is 18.6. The molecule has 1 N–H and O–H groups in total. The molecule has 1 aliphatic heterocycles. The highest BCUT2D eigenvalue weighted by Crippen LogP contribution is 2.55. The zero-order chi connectivity index (χ0) is 26.6. The Morgan fingerprint density at radius 2 is 2.03 bits per heavy atom. The van der Waals surface area contributed by atoms with E-state index in [0.717, 1.165) is 49.3 Å². The quantitative estimate of drug-likeness (QED) is 0.454. The van der Waals surface area contributed by atoms with Crippen LogP contribution in [0.4, 0.5) is 10.3 Å². The zero-order valence-corrected chi connectivity index (χ0v) is 22.5. The van der Waals surface area contributed by atoms with Crippen molar-refractivity contribution in [3.63, 3.8) is 0 Å². The third-order valence-electron chi connectivity index (χ3n) is 7.96. The standard InChI is InChI=1S/C29H35FN6O2/c1-18(24-13-25(23(30)14-33-24)38-21-5-6-21)36-17-29(7-8-29)26-20(16-34(3)4)11-19(12-22(26)27(36)37)15-35-10-9-32-28(35)31-2/h9-14,18,21H,5-8,15-17H2,1-4H3,(H,31,32)/t18-/m0/s1. The molecule has 3 heterocycles. The van der Waals surface area contributed by atoms with E-state index in [2.05, 4.69) is 46.4 Å². The van der Waals surface area contributed by atoms with Gasteiger partial charge in [-0.3, -0.25) is 9.78 Å². The Bertz CT molecular complexity index is 1380. The molecular formula is C29H35FN6O2. The molecule has 3 aromatic rings. The van der Waals surface area contributed by atoms with Gasteiger partial charge in [0.15, 0.2) is 11.6 Å². The molecule has 9 heteroatoms. The summed E-state index contributed by atoms with van der Waals surface area (Å²) in [6.45, 7) is 4.00. The van der Waals surface area contributed by atoms with Crippen molar-refractivity contribution < 1.29 is 13.9 Å². The monoisotopic (exact) mass is 518 g/mol. The molecular weight excluding hydrogens is 483 g/mol. The summed E-state index contributed by atoms with van der Waals surface area (Å²) in [4.78, 5) is 27.0. The number of rotatable bonds is 9. The summed E-state index contributed by atoms with van der Waals surface area (Å²) in [6.07, 6.45) is 9.01. The van der Waals surface area contributed by atoms with Crippen molar-refractivity contribution in [3.05, 3.63) is 70.6 Å². The van der Waals surface area contributed by atoms with Crippen LogP contribution in [0.2, 0.25) is 0 Å². The van der Waals surface area contributed by atoms with Gasteiger partial charge in [-0.15, -0.1) is 0 Å². The number of halogens is 1. The number of hydrogen-bond donors (Lipinski definition) is 1. The SMILES string of the molecule is CNc1nccn1Cc1cc(CN(C)C)c2c(c1)C(=O)N([C@@H](C)c1cc(OC3CC3)c(F)cn1)CC21CC1. The van der Waals surface area contributed by atoms with Gasteiger partial charge in [0.05, 0.1) is 30.6 Å². The fourth-order valence-electron chi connectivity index (χ4n) is 5.76. The maximum Gasteiger partial charge on any atom is 0.254 e. The molecule has 38 heavy (non-hydrogen) atoms. The number of aromatic nitrogens is 3. The van der Waals surface area contributed by atoms with Crippen molar-refractivity contribution in [2.24, 2.45) is 0 Å². The van der Waals surface area contributed by atoms with Gasteiger partial charge in [-0.05, 0) is 69.5 Å². The van der Waals surface area contributed by atoms with Crippen LogP contribution < -0.4 is 10.1 Å². The number of imidazole rings is 1. The second kappa shape index (κ2) is 9.38. The molecule has 2 saturated carbocycles. The van der Waals surface area contributed by atoms with Crippen molar-refractivity contribution in [2.45, 2.75) is 63.3 Å². The molecule has 1 aromatic carbocycles. The maximum absolute atomic E-state index is 14.4. The van der Waals surface area contributed by atoms with Gasteiger partial charge in [0, 0.05) is 49.6 Å². The van der Waals surface area contributed by atoms with Crippen LogP contribution in [0, 0.1) is 5.82 Å². The minimum Gasteiger partial charge on any atom is -0.487 e. The Kier molecular flexibility index (Phi) is 6.13. The Morgan fingerprint density at radius 3 is 2.71 bits per heavy atom. The van der Waals surface area contributed by atoms with Crippen LogP contribution >= 0.6 is 0 Å². The fourth-order valence-corrected chi connectivity index (χ4v) is 5.76. The number of pyridine rings is 1. The lowest BCUT2D eigenvalue weighted by atomic mass is 9.81. The first-order valence-electron chi connectivity index (χ1n) is 13.4. The third-order valence-corrected chi connectivity index (χ3v) is 7.96. The predicted molar refractivity (Wildman–Crippen MR) is 143 cm³/mol. The summed E-state index contributed by atoms with van der Waals surface area (Å²) in [5, 5.41) is 3.13. The lowest BCUT2D eigenvalue weighted by molar-refractivity contribution is 0.0633. The Hall–Kier alpha value is -3.46. The maximum atomic E-state index is 14.4. The average molecular weight is 519 g/mol.